The SMILES string of the molecule is Nc1cccc(C(=O)O[C@@H](Cc2c(Cl)cncc2Cl)c2ccc(OC(F)F)c(OCC3CC3)c2)c1. The number of carbonyl (C=O) groups excluding carboxylic acids is 1. The topological polar surface area (TPSA) is 83.7 Å². The highest BCUT2D eigenvalue weighted by Gasteiger charge is 2.26. The fourth-order valence-corrected chi connectivity index (χ4v) is 3.95. The minimum Gasteiger partial charge on any atom is -0.489 e. The highest BCUT2D eigenvalue weighted by Crippen LogP contribution is 2.38. The predicted molar refractivity (Wildman–Crippen MR) is 128 cm³/mol. The van der Waals surface area contributed by atoms with Gasteiger partial charge in [-0.3, -0.25) is 4.98 Å². The number of hydrogen-bond donors (Lipinski definition) is 1. The third-order valence-corrected chi connectivity index (χ3v) is 6.09. The average molecular weight is 523 g/mol. The van der Waals surface area contributed by atoms with Crippen molar-refractivity contribution in [1.82, 2.24) is 4.98 Å². The third kappa shape index (κ3) is 6.74. The Morgan fingerprint density at radius 2 is 1.83 bits per heavy atom. The number of carbonyl (C=O) groups is 1. The molecule has 1 aromatic heterocycles. The van der Waals surface area contributed by atoms with Crippen molar-refractivity contribution in [2.75, 3.05) is 12.3 Å². The van der Waals surface area contributed by atoms with Gasteiger partial charge in [0.15, 0.2) is 11.5 Å². The molecule has 2 aromatic carbocycles. The zero-order valence-corrected chi connectivity index (χ0v) is 19.9. The number of aromatic nitrogens is 1. The summed E-state index contributed by atoms with van der Waals surface area (Å²) in [7, 11) is 0. The molecule has 1 saturated carbocycles. The number of halogens is 4. The number of benzene rings is 2. The maximum Gasteiger partial charge on any atom is 0.387 e. The van der Waals surface area contributed by atoms with Crippen molar-refractivity contribution in [2.45, 2.75) is 32.0 Å². The summed E-state index contributed by atoms with van der Waals surface area (Å²) in [6.45, 7) is -2.64. The van der Waals surface area contributed by atoms with Gasteiger partial charge < -0.3 is 19.9 Å². The van der Waals surface area contributed by atoms with Gasteiger partial charge in [0.2, 0.25) is 0 Å². The zero-order valence-electron chi connectivity index (χ0n) is 18.4. The van der Waals surface area contributed by atoms with E-state index in [1.54, 1.807) is 18.2 Å². The molecule has 35 heavy (non-hydrogen) atoms. The highest BCUT2D eigenvalue weighted by atomic mass is 35.5. The Bertz CT molecular complexity index is 1190. The lowest BCUT2D eigenvalue weighted by molar-refractivity contribution is -0.0515. The Hall–Kier alpha value is -3.10. The molecule has 0 bridgehead atoms. The van der Waals surface area contributed by atoms with Crippen LogP contribution in [0.4, 0.5) is 14.5 Å². The third-order valence-electron chi connectivity index (χ3n) is 5.44. The first-order chi connectivity index (χ1) is 16.8. The molecule has 0 saturated heterocycles. The van der Waals surface area contributed by atoms with Gasteiger partial charge in [-0.15, -0.1) is 0 Å². The van der Waals surface area contributed by atoms with Crippen molar-refractivity contribution in [2.24, 2.45) is 5.92 Å². The molecule has 4 rings (SSSR count). The van der Waals surface area contributed by atoms with Gasteiger partial charge in [0, 0.05) is 24.5 Å². The van der Waals surface area contributed by atoms with Gasteiger partial charge in [-0.25, -0.2) is 4.79 Å². The summed E-state index contributed by atoms with van der Waals surface area (Å²) in [4.78, 5) is 16.9. The molecule has 2 N–H and O–H groups in total. The molecule has 0 unspecified atom stereocenters. The summed E-state index contributed by atoms with van der Waals surface area (Å²) in [5, 5.41) is 0.593. The largest absolute Gasteiger partial charge is 0.489 e. The van der Waals surface area contributed by atoms with E-state index >= 15 is 0 Å². The van der Waals surface area contributed by atoms with E-state index < -0.39 is 18.7 Å². The molecular weight excluding hydrogens is 501 g/mol. The van der Waals surface area contributed by atoms with E-state index in [1.165, 1.54) is 36.7 Å². The van der Waals surface area contributed by atoms with Gasteiger partial charge in [-0.05, 0) is 60.2 Å². The minimum absolute atomic E-state index is 0.103. The Labute approximate surface area is 210 Å². The number of ether oxygens (including phenoxy) is 3. The summed E-state index contributed by atoms with van der Waals surface area (Å²) in [6, 6.07) is 10.8. The molecule has 184 valence electrons. The van der Waals surface area contributed by atoms with Crippen LogP contribution in [0, 0.1) is 5.92 Å². The lowest BCUT2D eigenvalue weighted by Gasteiger charge is -2.21. The van der Waals surface area contributed by atoms with Gasteiger partial charge >= 0.3 is 12.6 Å². The van der Waals surface area contributed by atoms with Crippen LogP contribution in [0.25, 0.3) is 0 Å². The first-order valence-corrected chi connectivity index (χ1v) is 11.6. The Kier molecular flexibility index (Phi) is 7.93. The van der Waals surface area contributed by atoms with Gasteiger partial charge in [0.25, 0.3) is 0 Å². The van der Waals surface area contributed by atoms with E-state index in [4.69, 9.17) is 38.4 Å². The molecule has 0 spiro atoms. The molecule has 6 nitrogen and oxygen atoms in total. The molecular formula is C25H22Cl2F2N2O4. The number of anilines is 1. The van der Waals surface area contributed by atoms with Gasteiger partial charge in [-0.1, -0.05) is 35.3 Å². The van der Waals surface area contributed by atoms with Crippen molar-refractivity contribution in [1.29, 1.82) is 0 Å². The Morgan fingerprint density at radius 1 is 1.09 bits per heavy atom. The maximum absolute atomic E-state index is 13.0. The van der Waals surface area contributed by atoms with Crippen LogP contribution in [0.2, 0.25) is 10.0 Å². The average Bonchev–Trinajstić information content (AvgIpc) is 3.64. The number of alkyl halides is 2. The smallest absolute Gasteiger partial charge is 0.387 e. The summed E-state index contributed by atoms with van der Waals surface area (Å²) in [5.74, 6) is -0.224. The van der Waals surface area contributed by atoms with Gasteiger partial charge in [0.1, 0.15) is 6.10 Å². The standard InChI is InChI=1S/C25H22Cl2F2N2O4/c26-19-11-31-12-20(27)18(19)10-22(34-24(32)16-2-1-3-17(30)8-16)15-6-7-21(35-25(28)29)23(9-15)33-13-14-4-5-14/h1-3,6-9,11-12,14,22,25H,4-5,10,13,30H2/t22-/m0/s1. The van der Waals surface area contributed by atoms with Crippen LogP contribution in [0.3, 0.4) is 0 Å². The molecule has 10 heteroatoms. The molecule has 1 atom stereocenters. The van der Waals surface area contributed by atoms with Gasteiger partial charge in [0.05, 0.1) is 22.2 Å². The molecule has 0 radical (unpaired) electrons. The lowest BCUT2D eigenvalue weighted by Crippen LogP contribution is -2.15. The Balaban J connectivity index is 1.68. The zero-order chi connectivity index (χ0) is 24.9. The van der Waals surface area contributed by atoms with Crippen LogP contribution in [-0.2, 0) is 11.2 Å². The van der Waals surface area contributed by atoms with E-state index in [0.29, 0.717) is 39.4 Å². The van der Waals surface area contributed by atoms with Gasteiger partial charge in [-0.2, -0.15) is 8.78 Å². The van der Waals surface area contributed by atoms with Crippen LogP contribution in [0.5, 0.6) is 11.5 Å². The van der Waals surface area contributed by atoms with E-state index in [9.17, 15) is 13.6 Å². The van der Waals surface area contributed by atoms with Crippen LogP contribution in [-0.4, -0.2) is 24.2 Å². The van der Waals surface area contributed by atoms with Crippen molar-refractivity contribution in [3.63, 3.8) is 0 Å². The second kappa shape index (κ2) is 11.1. The number of pyridine rings is 1. The van der Waals surface area contributed by atoms with Crippen molar-refractivity contribution in [3.8, 4) is 11.5 Å². The van der Waals surface area contributed by atoms with Crippen molar-refractivity contribution < 1.29 is 27.8 Å². The lowest BCUT2D eigenvalue weighted by atomic mass is 10.0. The predicted octanol–water partition coefficient (Wildman–Crippen LogP) is 6.50. The highest BCUT2D eigenvalue weighted by molar-refractivity contribution is 6.35. The minimum atomic E-state index is -3.02. The van der Waals surface area contributed by atoms with E-state index in [0.717, 1.165) is 12.8 Å². The van der Waals surface area contributed by atoms with Crippen molar-refractivity contribution >= 4 is 34.9 Å². The fraction of sp³-hybridized carbons (Fsp3) is 0.280. The first kappa shape index (κ1) is 25.0. The number of nitrogens with two attached hydrogens (primary N) is 1. The number of nitrogen functional groups attached to an aromatic ring is 1. The molecule has 0 aliphatic heterocycles. The molecule has 1 aliphatic carbocycles. The van der Waals surface area contributed by atoms with Crippen LogP contribution < -0.4 is 15.2 Å². The Morgan fingerprint density at radius 3 is 2.49 bits per heavy atom. The molecule has 1 fully saturated rings. The summed E-state index contributed by atoms with van der Waals surface area (Å²) in [5.41, 5.74) is 7.46. The maximum atomic E-state index is 13.0. The van der Waals surface area contributed by atoms with Crippen LogP contribution in [0.15, 0.2) is 54.9 Å². The van der Waals surface area contributed by atoms with E-state index in [-0.39, 0.29) is 23.5 Å². The summed E-state index contributed by atoms with van der Waals surface area (Å²) >= 11 is 12.6. The normalized spacial score (nSPS) is 14.0. The number of hydrogen-bond acceptors (Lipinski definition) is 6. The quantitative estimate of drug-likeness (QED) is 0.241. The first-order valence-electron chi connectivity index (χ1n) is 10.9. The van der Waals surface area contributed by atoms with E-state index in [2.05, 4.69) is 9.72 Å². The second-order valence-electron chi connectivity index (χ2n) is 8.14. The molecule has 3 aromatic rings. The van der Waals surface area contributed by atoms with Crippen LogP contribution in [0.1, 0.15) is 40.4 Å². The molecule has 1 aliphatic rings. The molecule has 0 amide bonds. The monoisotopic (exact) mass is 522 g/mol. The molecule has 1 heterocycles. The number of esters is 1. The van der Waals surface area contributed by atoms with E-state index in [1.807, 2.05) is 0 Å². The summed E-state index contributed by atoms with van der Waals surface area (Å²) in [6.07, 6.45) is 4.12. The van der Waals surface area contributed by atoms with Crippen molar-refractivity contribution in [3.05, 3.63) is 81.6 Å². The number of rotatable bonds is 10. The number of nitrogens with zero attached hydrogens (tertiary/aromatic N) is 1. The summed E-state index contributed by atoms with van der Waals surface area (Å²) < 4.78 is 42.1. The second-order valence-corrected chi connectivity index (χ2v) is 8.96. The fourth-order valence-electron chi connectivity index (χ4n) is 3.43. The van der Waals surface area contributed by atoms with Crippen LogP contribution >= 0.6 is 23.2 Å².